The van der Waals surface area contributed by atoms with Gasteiger partial charge in [0.1, 0.15) is 0 Å². The van der Waals surface area contributed by atoms with Crippen molar-refractivity contribution in [3.63, 3.8) is 0 Å². The fourth-order valence-electron chi connectivity index (χ4n) is 14.2. The van der Waals surface area contributed by atoms with Gasteiger partial charge in [-0.1, -0.05) is 206 Å². The summed E-state index contributed by atoms with van der Waals surface area (Å²) < 4.78 is 0. The van der Waals surface area contributed by atoms with Crippen LogP contribution >= 0.6 is 0 Å². The van der Waals surface area contributed by atoms with Crippen LogP contribution in [0.15, 0.2) is 161 Å². The van der Waals surface area contributed by atoms with Crippen molar-refractivity contribution >= 4 is 5.57 Å². The largest absolute Gasteiger partial charge is 0.0771 e. The lowest BCUT2D eigenvalue weighted by atomic mass is 9.24. The second-order valence-electron chi connectivity index (χ2n) is 19.1. The summed E-state index contributed by atoms with van der Waals surface area (Å²) in [6, 6.07) is 22.5. The maximum atomic E-state index is 2.73. The maximum Gasteiger partial charge on any atom is 0.0170 e. The van der Waals surface area contributed by atoms with Gasteiger partial charge in [-0.25, -0.2) is 0 Å². The van der Waals surface area contributed by atoms with E-state index in [1.54, 1.807) is 16.7 Å². The Kier molecular flexibility index (Phi) is 7.60. The van der Waals surface area contributed by atoms with Gasteiger partial charge in [0.25, 0.3) is 0 Å². The van der Waals surface area contributed by atoms with E-state index in [0.717, 1.165) is 12.8 Å². The Morgan fingerprint density at radius 1 is 0.604 bits per heavy atom. The van der Waals surface area contributed by atoms with Crippen LogP contribution in [0.2, 0.25) is 0 Å². The molecule has 272 valence electrons. The molecule has 3 fully saturated rings. The lowest BCUT2D eigenvalue weighted by Gasteiger charge is -2.79. The lowest BCUT2D eigenvalue weighted by Crippen LogP contribution is -2.74. The molecule has 0 bridgehead atoms. The van der Waals surface area contributed by atoms with E-state index in [2.05, 4.69) is 183 Å². The van der Waals surface area contributed by atoms with Gasteiger partial charge in [-0.3, -0.25) is 0 Å². The normalized spacial score (nSPS) is 39.9. The van der Waals surface area contributed by atoms with Crippen LogP contribution in [0.5, 0.6) is 0 Å². The van der Waals surface area contributed by atoms with E-state index in [1.807, 2.05) is 0 Å². The average molecular weight is 697 g/mol. The summed E-state index contributed by atoms with van der Waals surface area (Å²) in [6.45, 7) is 21.1. The minimum Gasteiger partial charge on any atom is -0.0771 e. The second kappa shape index (κ2) is 11.6. The molecular weight excluding hydrogens is 637 g/mol. The molecule has 7 aliphatic rings. The molecule has 0 heteroatoms. The van der Waals surface area contributed by atoms with Crippen LogP contribution in [0.3, 0.4) is 0 Å². The first-order valence-electron chi connectivity index (χ1n) is 20.7. The monoisotopic (exact) mass is 696 g/mol. The van der Waals surface area contributed by atoms with Crippen molar-refractivity contribution in [1.82, 2.24) is 0 Å². The first kappa shape index (κ1) is 34.8. The van der Waals surface area contributed by atoms with E-state index in [9.17, 15) is 0 Å². The zero-order chi connectivity index (χ0) is 37.1. The summed E-state index contributed by atoms with van der Waals surface area (Å²) in [5.74, 6) is 0.704. The lowest BCUT2D eigenvalue weighted by molar-refractivity contribution is -0.261. The highest BCUT2D eigenvalue weighted by molar-refractivity contribution is 5.89. The summed E-state index contributed by atoms with van der Waals surface area (Å²) in [5.41, 5.74) is 12.5. The maximum absolute atomic E-state index is 2.73. The Morgan fingerprint density at radius 3 is 1.72 bits per heavy atom. The van der Waals surface area contributed by atoms with E-state index >= 15 is 0 Å². The highest BCUT2D eigenvalue weighted by atomic mass is 14.9. The second-order valence-corrected chi connectivity index (χ2v) is 19.1. The third-order valence-electron chi connectivity index (χ3n) is 18.1. The standard InChI is InChI=1S/C53H60/c1-37-45(42-29-28-41(34-42)38-22-12-9-13-23-38)44(46(39-24-14-10-15-25-39)40-26-16-11-17-27-40)35-43-36-51(6)49(4)32-19-18-30-47(49,2)48(3)31-20-21-33-50(48,5)53(51,8)52(37,43)7/h10-11,14-21,24-28,30-35,38H,9,12-13,22-23,29,36H2,1-8H3. The molecule has 0 aliphatic heterocycles. The van der Waals surface area contributed by atoms with E-state index in [0.29, 0.717) is 5.92 Å². The first-order chi connectivity index (χ1) is 25.3. The Bertz CT molecular complexity index is 2110. The molecule has 9 rings (SSSR count). The molecule has 0 spiro atoms. The van der Waals surface area contributed by atoms with Crippen molar-refractivity contribution in [2.45, 2.75) is 100 Å². The van der Waals surface area contributed by atoms with E-state index in [1.165, 1.54) is 65.5 Å². The third kappa shape index (κ3) is 4.04. The van der Waals surface area contributed by atoms with Gasteiger partial charge in [-0.2, -0.15) is 0 Å². The van der Waals surface area contributed by atoms with Crippen LogP contribution in [0, 0.1) is 43.8 Å². The van der Waals surface area contributed by atoms with Crippen molar-refractivity contribution in [3.05, 3.63) is 172 Å². The quantitative estimate of drug-likeness (QED) is 0.298. The van der Waals surface area contributed by atoms with E-state index < -0.39 is 0 Å². The highest BCUT2D eigenvalue weighted by Crippen LogP contribution is 2.90. The molecule has 7 unspecified atom stereocenters. The zero-order valence-corrected chi connectivity index (χ0v) is 33.7. The van der Waals surface area contributed by atoms with Crippen molar-refractivity contribution in [2.75, 3.05) is 0 Å². The molecule has 7 aliphatic carbocycles. The Morgan fingerprint density at radius 2 is 1.13 bits per heavy atom. The van der Waals surface area contributed by atoms with Gasteiger partial charge in [-0.05, 0) is 88.3 Å². The van der Waals surface area contributed by atoms with Gasteiger partial charge in [0, 0.05) is 27.1 Å². The number of benzene rings is 2. The molecule has 53 heavy (non-hydrogen) atoms. The van der Waals surface area contributed by atoms with Gasteiger partial charge in [0.05, 0.1) is 0 Å². The first-order valence-corrected chi connectivity index (χ1v) is 20.7. The molecule has 0 saturated heterocycles. The molecule has 2 aromatic carbocycles. The summed E-state index contributed by atoms with van der Waals surface area (Å²) in [6.07, 6.45) is 36.8. The molecule has 0 aromatic heterocycles. The summed E-state index contributed by atoms with van der Waals surface area (Å²) in [5, 5.41) is 0. The summed E-state index contributed by atoms with van der Waals surface area (Å²) >= 11 is 0. The number of fused-ring (bicyclic) bond motifs is 8. The number of allylic oxidation sites excluding steroid dienone is 17. The number of hydrogen-bond donors (Lipinski definition) is 0. The summed E-state index contributed by atoms with van der Waals surface area (Å²) in [4.78, 5) is 0. The van der Waals surface area contributed by atoms with Crippen molar-refractivity contribution in [2.24, 2.45) is 43.8 Å². The van der Waals surface area contributed by atoms with Crippen molar-refractivity contribution in [3.8, 4) is 0 Å². The van der Waals surface area contributed by atoms with Crippen molar-refractivity contribution < 1.29 is 0 Å². The van der Waals surface area contributed by atoms with Gasteiger partial charge in [-0.15, -0.1) is 0 Å². The SMILES string of the molecule is CC1=C(C2=CC(C3CCCCC3)=CC2)C(=C(c2ccccc2)c2ccccc2)C=C2CC3(C)C4(C)C=CC=CC4(C)C4(C)C=CC=CC4(C)C3(C)C21C. The minimum atomic E-state index is -0.168. The van der Waals surface area contributed by atoms with Crippen LogP contribution in [0.1, 0.15) is 111 Å². The molecule has 0 nitrogen and oxygen atoms in total. The predicted octanol–water partition coefficient (Wildman–Crippen LogP) is 14.3. The van der Waals surface area contributed by atoms with Gasteiger partial charge in [0.15, 0.2) is 0 Å². The third-order valence-corrected chi connectivity index (χ3v) is 18.1. The topological polar surface area (TPSA) is 0 Å². The number of hydrogen-bond acceptors (Lipinski definition) is 0. The van der Waals surface area contributed by atoms with Crippen LogP contribution < -0.4 is 0 Å². The fraction of sp³-hybridized carbons (Fsp3) is 0.434. The molecule has 0 amide bonds. The molecule has 0 radical (unpaired) electrons. The molecule has 2 aromatic rings. The molecule has 0 N–H and O–H groups in total. The Labute approximate surface area is 320 Å². The van der Waals surface area contributed by atoms with Crippen LogP contribution in [0.4, 0.5) is 0 Å². The Balaban J connectivity index is 1.37. The smallest absolute Gasteiger partial charge is 0.0170 e. The van der Waals surface area contributed by atoms with Gasteiger partial charge in [0.2, 0.25) is 0 Å². The predicted molar refractivity (Wildman–Crippen MR) is 225 cm³/mol. The van der Waals surface area contributed by atoms with Crippen molar-refractivity contribution in [1.29, 1.82) is 0 Å². The molecule has 0 heterocycles. The van der Waals surface area contributed by atoms with Crippen LogP contribution in [-0.2, 0) is 0 Å². The molecular formula is C53H60. The molecule has 3 saturated carbocycles. The minimum absolute atomic E-state index is 0.0442. The number of rotatable bonds is 4. The van der Waals surface area contributed by atoms with Crippen LogP contribution in [0.25, 0.3) is 5.57 Å². The highest BCUT2D eigenvalue weighted by Gasteiger charge is 2.84. The van der Waals surface area contributed by atoms with Gasteiger partial charge >= 0.3 is 0 Å². The zero-order valence-electron chi connectivity index (χ0n) is 33.7. The van der Waals surface area contributed by atoms with E-state index in [4.69, 9.17) is 0 Å². The summed E-state index contributed by atoms with van der Waals surface area (Å²) in [7, 11) is 0. The van der Waals surface area contributed by atoms with Crippen LogP contribution in [-0.4, -0.2) is 0 Å². The molecule has 7 atom stereocenters. The van der Waals surface area contributed by atoms with Gasteiger partial charge < -0.3 is 0 Å². The average Bonchev–Trinajstić information content (AvgIpc) is 3.73. The fourth-order valence-corrected chi connectivity index (χ4v) is 14.2. The Hall–Kier alpha value is -3.90. The van der Waals surface area contributed by atoms with E-state index in [-0.39, 0.29) is 37.9 Å².